The summed E-state index contributed by atoms with van der Waals surface area (Å²) in [6.45, 7) is 5.81. The number of nitrogens with one attached hydrogen (secondary N) is 1. The average Bonchev–Trinajstić information content (AvgIpc) is 2.68. The van der Waals surface area contributed by atoms with E-state index in [4.69, 9.17) is 9.47 Å². The van der Waals surface area contributed by atoms with Crippen molar-refractivity contribution in [2.24, 2.45) is 0 Å². The van der Waals surface area contributed by atoms with Crippen LogP contribution in [0.15, 0.2) is 30.6 Å². The first kappa shape index (κ1) is 22.7. The molecule has 168 valence electrons. The van der Waals surface area contributed by atoms with E-state index in [0.717, 1.165) is 0 Å². The molecule has 1 aliphatic heterocycles. The number of hydrogen-bond donors (Lipinski definition) is 1. The largest absolute Gasteiger partial charge is 0.444 e. The van der Waals surface area contributed by atoms with Crippen LogP contribution in [0.4, 0.5) is 34.0 Å². The number of carbonyl (C=O) groups excluding carboxylic acids is 1. The molecular weight excluding hydrogens is 420 g/mol. The molecule has 7 nitrogen and oxygen atoms in total. The highest BCUT2D eigenvalue weighted by Crippen LogP contribution is 2.34. The van der Waals surface area contributed by atoms with Gasteiger partial charge in [-0.15, -0.1) is 0 Å². The molecule has 2 aromatic rings. The third-order valence-electron chi connectivity index (χ3n) is 4.38. The molecule has 11 heteroatoms. The Morgan fingerprint density at radius 1 is 1.23 bits per heavy atom. The van der Waals surface area contributed by atoms with E-state index in [9.17, 15) is 22.4 Å². The van der Waals surface area contributed by atoms with Gasteiger partial charge in [-0.1, -0.05) is 12.1 Å². The van der Waals surface area contributed by atoms with E-state index in [0.29, 0.717) is 18.0 Å². The summed E-state index contributed by atoms with van der Waals surface area (Å²) < 4.78 is 63.8. The second-order valence-electron chi connectivity index (χ2n) is 7.89. The van der Waals surface area contributed by atoms with Gasteiger partial charge in [0, 0.05) is 24.5 Å². The number of rotatable bonds is 3. The molecule has 0 spiro atoms. The zero-order chi connectivity index (χ0) is 22.8. The molecule has 1 unspecified atom stereocenters. The molecule has 1 atom stereocenters. The van der Waals surface area contributed by atoms with Gasteiger partial charge in [-0.25, -0.2) is 19.2 Å². The summed E-state index contributed by atoms with van der Waals surface area (Å²) in [7, 11) is 0. The van der Waals surface area contributed by atoms with Gasteiger partial charge in [0.15, 0.2) is 0 Å². The van der Waals surface area contributed by atoms with Crippen LogP contribution in [-0.4, -0.2) is 46.3 Å². The monoisotopic (exact) mass is 442 g/mol. The molecule has 1 amide bonds. The molecule has 0 aliphatic carbocycles. The smallest absolute Gasteiger partial charge is 0.419 e. The lowest BCUT2D eigenvalue weighted by atomic mass is 10.0. The Bertz CT molecular complexity index is 930. The van der Waals surface area contributed by atoms with Crippen molar-refractivity contribution < 1.29 is 31.8 Å². The van der Waals surface area contributed by atoms with Gasteiger partial charge in [0.2, 0.25) is 5.95 Å². The van der Waals surface area contributed by atoms with Crippen molar-refractivity contribution in [2.45, 2.75) is 38.6 Å². The van der Waals surface area contributed by atoms with Crippen molar-refractivity contribution >= 4 is 17.7 Å². The number of aromatic nitrogens is 2. The van der Waals surface area contributed by atoms with Gasteiger partial charge in [0.05, 0.1) is 30.5 Å². The molecule has 1 saturated heterocycles. The number of ether oxygens (including phenoxy) is 2. The highest BCUT2D eigenvalue weighted by Gasteiger charge is 2.34. The number of anilines is 2. The molecule has 1 aromatic carbocycles. The summed E-state index contributed by atoms with van der Waals surface area (Å²) in [6, 6.07) is 3.55. The van der Waals surface area contributed by atoms with Gasteiger partial charge in [-0.05, 0) is 26.8 Å². The first-order chi connectivity index (χ1) is 14.5. The second kappa shape index (κ2) is 8.66. The second-order valence-corrected chi connectivity index (χ2v) is 7.89. The lowest BCUT2D eigenvalue weighted by molar-refractivity contribution is -0.138. The quantitative estimate of drug-likeness (QED) is 0.696. The molecule has 0 bridgehead atoms. The van der Waals surface area contributed by atoms with Crippen molar-refractivity contribution in [3.8, 4) is 0 Å². The number of nitrogens with zero attached hydrogens (tertiary/aromatic N) is 3. The van der Waals surface area contributed by atoms with E-state index < -0.39 is 35.3 Å². The fourth-order valence-corrected chi connectivity index (χ4v) is 3.00. The highest BCUT2D eigenvalue weighted by atomic mass is 19.4. The minimum Gasteiger partial charge on any atom is -0.444 e. The van der Waals surface area contributed by atoms with Crippen molar-refractivity contribution in [3.05, 3.63) is 47.5 Å². The Hall–Kier alpha value is -2.95. The molecule has 1 fully saturated rings. The number of alkyl halides is 3. The number of amides is 1. The summed E-state index contributed by atoms with van der Waals surface area (Å²) in [5.41, 5.74) is -1.46. The summed E-state index contributed by atoms with van der Waals surface area (Å²) in [6.07, 6.45) is -3.96. The van der Waals surface area contributed by atoms with Crippen LogP contribution in [-0.2, 0) is 15.7 Å². The fourth-order valence-electron chi connectivity index (χ4n) is 3.00. The topological polar surface area (TPSA) is 76.6 Å². The van der Waals surface area contributed by atoms with Crippen molar-refractivity contribution in [3.63, 3.8) is 0 Å². The standard InChI is InChI=1S/C20H22F4N4O3/c1-19(2,3)31-18(29)28-7-8-30-11-15(28)13-5-4-6-14(21)16(13)27-17-25-9-12(10-26-17)20(22,23)24/h4-6,9-10,15H,7-8,11H2,1-3H3,(H,25,26,27). The van der Waals surface area contributed by atoms with Crippen LogP contribution in [0.3, 0.4) is 0 Å². The molecule has 1 aliphatic rings. The Morgan fingerprint density at radius 3 is 2.52 bits per heavy atom. The van der Waals surface area contributed by atoms with Gasteiger partial charge in [0.25, 0.3) is 0 Å². The molecule has 3 rings (SSSR count). The third-order valence-corrected chi connectivity index (χ3v) is 4.38. The molecule has 2 heterocycles. The van der Waals surface area contributed by atoms with Gasteiger partial charge in [-0.3, -0.25) is 4.90 Å². The third kappa shape index (κ3) is 5.60. The highest BCUT2D eigenvalue weighted by molar-refractivity contribution is 5.70. The van der Waals surface area contributed by atoms with E-state index >= 15 is 0 Å². The van der Waals surface area contributed by atoms with Gasteiger partial charge in [-0.2, -0.15) is 13.2 Å². The minimum atomic E-state index is -4.59. The lowest BCUT2D eigenvalue weighted by Crippen LogP contribution is -2.45. The maximum absolute atomic E-state index is 14.7. The lowest BCUT2D eigenvalue weighted by Gasteiger charge is -2.37. The Labute approximate surface area is 176 Å². The zero-order valence-corrected chi connectivity index (χ0v) is 17.2. The first-order valence-electron chi connectivity index (χ1n) is 9.48. The summed E-state index contributed by atoms with van der Waals surface area (Å²) in [4.78, 5) is 21.4. The van der Waals surface area contributed by atoms with Crippen LogP contribution in [0.2, 0.25) is 0 Å². The number of hydrogen-bond acceptors (Lipinski definition) is 6. The Balaban J connectivity index is 1.91. The summed E-state index contributed by atoms with van der Waals surface area (Å²) >= 11 is 0. The number of para-hydroxylation sites is 1. The van der Waals surface area contributed by atoms with E-state index in [1.165, 1.54) is 17.0 Å². The predicted octanol–water partition coefficient (Wildman–Crippen LogP) is 4.69. The van der Waals surface area contributed by atoms with Crippen LogP contribution in [0, 0.1) is 5.82 Å². The Kier molecular flexibility index (Phi) is 6.35. The number of carbonyl (C=O) groups is 1. The Morgan fingerprint density at radius 2 is 1.90 bits per heavy atom. The molecule has 0 radical (unpaired) electrons. The maximum atomic E-state index is 14.7. The normalized spacial score (nSPS) is 17.4. The molecule has 1 N–H and O–H groups in total. The molecule has 31 heavy (non-hydrogen) atoms. The average molecular weight is 442 g/mol. The van der Waals surface area contributed by atoms with Crippen LogP contribution >= 0.6 is 0 Å². The van der Waals surface area contributed by atoms with Gasteiger partial charge >= 0.3 is 12.3 Å². The van der Waals surface area contributed by atoms with Crippen molar-refractivity contribution in [1.29, 1.82) is 0 Å². The van der Waals surface area contributed by atoms with E-state index in [1.807, 2.05) is 0 Å². The molecule has 0 saturated carbocycles. The van der Waals surface area contributed by atoms with Gasteiger partial charge < -0.3 is 14.8 Å². The number of halogens is 4. The number of morpholine rings is 1. The van der Waals surface area contributed by atoms with E-state index in [2.05, 4.69) is 15.3 Å². The zero-order valence-electron chi connectivity index (χ0n) is 17.2. The fraction of sp³-hybridized carbons (Fsp3) is 0.450. The van der Waals surface area contributed by atoms with Crippen LogP contribution in [0.5, 0.6) is 0 Å². The maximum Gasteiger partial charge on any atom is 0.419 e. The minimum absolute atomic E-state index is 0.0636. The van der Waals surface area contributed by atoms with E-state index in [-0.39, 0.29) is 31.4 Å². The first-order valence-corrected chi connectivity index (χ1v) is 9.48. The van der Waals surface area contributed by atoms with Gasteiger partial charge in [0.1, 0.15) is 11.4 Å². The van der Waals surface area contributed by atoms with Crippen molar-refractivity contribution in [2.75, 3.05) is 25.1 Å². The molecule has 1 aromatic heterocycles. The van der Waals surface area contributed by atoms with Crippen LogP contribution in [0.25, 0.3) is 0 Å². The number of benzene rings is 1. The summed E-state index contributed by atoms with van der Waals surface area (Å²) in [5.74, 6) is -0.907. The van der Waals surface area contributed by atoms with Crippen molar-refractivity contribution in [1.82, 2.24) is 14.9 Å². The SMILES string of the molecule is CC(C)(C)OC(=O)N1CCOCC1c1cccc(F)c1Nc1ncc(C(F)(F)F)cn1. The van der Waals surface area contributed by atoms with E-state index in [1.54, 1.807) is 26.8 Å². The van der Waals surface area contributed by atoms with Crippen LogP contribution < -0.4 is 5.32 Å². The summed E-state index contributed by atoms with van der Waals surface area (Å²) in [5, 5.41) is 2.63. The van der Waals surface area contributed by atoms with Crippen LogP contribution in [0.1, 0.15) is 37.9 Å². The molecular formula is C20H22F4N4O3. The predicted molar refractivity (Wildman–Crippen MR) is 103 cm³/mol.